The van der Waals surface area contributed by atoms with E-state index in [-0.39, 0.29) is 35.8 Å². The van der Waals surface area contributed by atoms with Crippen LogP contribution in [-0.4, -0.2) is 37.9 Å². The van der Waals surface area contributed by atoms with E-state index >= 15 is 0 Å². The highest BCUT2D eigenvalue weighted by molar-refractivity contribution is 14.0. The third kappa shape index (κ3) is 5.79. The van der Waals surface area contributed by atoms with Crippen molar-refractivity contribution in [1.29, 1.82) is 0 Å². The summed E-state index contributed by atoms with van der Waals surface area (Å²) in [5.74, 6) is 1.13. The van der Waals surface area contributed by atoms with Crippen LogP contribution in [0.25, 0.3) is 0 Å². The van der Waals surface area contributed by atoms with Gasteiger partial charge in [0, 0.05) is 57.4 Å². The summed E-state index contributed by atoms with van der Waals surface area (Å²) in [7, 11) is 1.75. The summed E-state index contributed by atoms with van der Waals surface area (Å²) in [5, 5.41) is 6.64. The van der Waals surface area contributed by atoms with E-state index in [9.17, 15) is 9.59 Å². The molecule has 2 saturated heterocycles. The molecule has 170 valence electrons. The van der Waals surface area contributed by atoms with Crippen molar-refractivity contribution in [1.82, 2.24) is 10.6 Å². The number of guanidine groups is 1. The van der Waals surface area contributed by atoms with Crippen LogP contribution < -0.4 is 20.4 Å². The van der Waals surface area contributed by atoms with Gasteiger partial charge in [0.15, 0.2) is 5.96 Å². The fourth-order valence-corrected chi connectivity index (χ4v) is 4.02. The number of benzene rings is 2. The predicted molar refractivity (Wildman–Crippen MR) is 139 cm³/mol. The number of hydrogen-bond donors (Lipinski definition) is 2. The Morgan fingerprint density at radius 2 is 1.19 bits per heavy atom. The molecule has 0 atom stereocenters. The molecule has 0 spiro atoms. The first-order valence-corrected chi connectivity index (χ1v) is 10.9. The Morgan fingerprint density at radius 3 is 1.50 bits per heavy atom. The number of nitrogens with one attached hydrogen (secondary N) is 2. The number of nitrogens with zero attached hydrogens (tertiary/aromatic N) is 3. The maximum absolute atomic E-state index is 11.9. The number of anilines is 2. The van der Waals surface area contributed by atoms with E-state index in [1.807, 2.05) is 58.3 Å². The van der Waals surface area contributed by atoms with Gasteiger partial charge in [-0.2, -0.15) is 0 Å². The second-order valence-corrected chi connectivity index (χ2v) is 7.91. The zero-order chi connectivity index (χ0) is 21.6. The van der Waals surface area contributed by atoms with Gasteiger partial charge in [0.05, 0.1) is 0 Å². The second kappa shape index (κ2) is 11.3. The molecule has 7 nitrogen and oxygen atoms in total. The molecular formula is C24H30IN5O2. The molecule has 0 bridgehead atoms. The maximum Gasteiger partial charge on any atom is 0.227 e. The Hall–Kier alpha value is -2.62. The lowest BCUT2D eigenvalue weighted by Crippen LogP contribution is -2.36. The van der Waals surface area contributed by atoms with Gasteiger partial charge in [0.2, 0.25) is 11.8 Å². The number of rotatable bonds is 6. The largest absolute Gasteiger partial charge is 0.352 e. The molecule has 0 saturated carbocycles. The van der Waals surface area contributed by atoms with Crippen molar-refractivity contribution in [2.45, 2.75) is 38.8 Å². The van der Waals surface area contributed by atoms with Gasteiger partial charge in [-0.15, -0.1) is 24.0 Å². The number of carbonyl (C=O) groups excluding carboxylic acids is 2. The Balaban J connectivity index is 0.00000289. The molecule has 0 aliphatic carbocycles. The van der Waals surface area contributed by atoms with Crippen molar-refractivity contribution in [3.8, 4) is 0 Å². The van der Waals surface area contributed by atoms with Crippen LogP contribution in [0.3, 0.4) is 0 Å². The fraction of sp³-hybridized carbons (Fsp3) is 0.375. The summed E-state index contributed by atoms with van der Waals surface area (Å²) in [6.07, 6.45) is 3.15. The topological polar surface area (TPSA) is 77.0 Å². The van der Waals surface area contributed by atoms with Gasteiger partial charge in [-0.05, 0) is 48.2 Å². The van der Waals surface area contributed by atoms with E-state index in [0.717, 1.165) is 54.4 Å². The number of carbonyl (C=O) groups is 2. The van der Waals surface area contributed by atoms with Crippen molar-refractivity contribution < 1.29 is 9.59 Å². The number of hydrogen-bond acceptors (Lipinski definition) is 3. The lowest BCUT2D eigenvalue weighted by Gasteiger charge is -2.17. The number of halogens is 1. The molecule has 32 heavy (non-hydrogen) atoms. The van der Waals surface area contributed by atoms with Gasteiger partial charge in [-0.1, -0.05) is 24.3 Å². The highest BCUT2D eigenvalue weighted by Gasteiger charge is 2.22. The standard InChI is InChI=1S/C24H29N5O2.HI/c1-25-24(26-16-18-6-10-20(11-7-18)28-14-2-4-22(28)30)27-17-19-8-12-21(13-9-19)29-15-3-5-23(29)31;/h6-13H,2-5,14-17H2,1H3,(H2,25,26,27);1H. The van der Waals surface area contributed by atoms with Crippen molar-refractivity contribution >= 4 is 53.1 Å². The molecule has 4 rings (SSSR count). The van der Waals surface area contributed by atoms with Crippen molar-refractivity contribution in [3.63, 3.8) is 0 Å². The quantitative estimate of drug-likeness (QED) is 0.330. The molecule has 2 amide bonds. The molecular weight excluding hydrogens is 517 g/mol. The average Bonchev–Trinajstić information content (AvgIpc) is 3.42. The molecule has 8 heteroatoms. The van der Waals surface area contributed by atoms with Gasteiger partial charge in [-0.3, -0.25) is 14.6 Å². The van der Waals surface area contributed by atoms with Crippen LogP contribution in [-0.2, 0) is 22.7 Å². The van der Waals surface area contributed by atoms with Crippen LogP contribution >= 0.6 is 24.0 Å². The predicted octanol–water partition coefficient (Wildman–Crippen LogP) is 3.42. The van der Waals surface area contributed by atoms with Crippen LogP contribution in [0.4, 0.5) is 11.4 Å². The summed E-state index contributed by atoms with van der Waals surface area (Å²) in [5.41, 5.74) is 4.18. The Labute approximate surface area is 206 Å². The monoisotopic (exact) mass is 547 g/mol. The zero-order valence-corrected chi connectivity index (χ0v) is 20.7. The van der Waals surface area contributed by atoms with Crippen molar-refractivity contribution in [3.05, 3.63) is 59.7 Å². The van der Waals surface area contributed by atoms with E-state index in [4.69, 9.17) is 0 Å². The van der Waals surface area contributed by atoms with Crippen molar-refractivity contribution in [2.75, 3.05) is 29.9 Å². The molecule has 2 aromatic rings. The minimum Gasteiger partial charge on any atom is -0.352 e. The minimum absolute atomic E-state index is 0. The number of amides is 2. The molecule has 2 N–H and O–H groups in total. The Morgan fingerprint density at radius 1 is 0.781 bits per heavy atom. The van der Waals surface area contributed by atoms with Crippen LogP contribution in [0.5, 0.6) is 0 Å². The van der Waals surface area contributed by atoms with Gasteiger partial charge in [0.25, 0.3) is 0 Å². The molecule has 2 aliphatic heterocycles. The van der Waals surface area contributed by atoms with E-state index in [0.29, 0.717) is 25.9 Å². The van der Waals surface area contributed by atoms with Crippen LogP contribution in [0.2, 0.25) is 0 Å². The number of aliphatic imine (C=N–C) groups is 1. The highest BCUT2D eigenvalue weighted by Crippen LogP contribution is 2.22. The normalized spacial score (nSPS) is 15.5. The lowest BCUT2D eigenvalue weighted by molar-refractivity contribution is -0.117. The van der Waals surface area contributed by atoms with E-state index in [1.54, 1.807) is 7.05 Å². The Kier molecular flexibility index (Phi) is 8.49. The van der Waals surface area contributed by atoms with Gasteiger partial charge < -0.3 is 20.4 Å². The smallest absolute Gasteiger partial charge is 0.227 e. The first kappa shape index (κ1) is 24.0. The second-order valence-electron chi connectivity index (χ2n) is 7.91. The third-order valence-corrected chi connectivity index (χ3v) is 5.79. The first-order valence-electron chi connectivity index (χ1n) is 10.9. The maximum atomic E-state index is 11.9. The summed E-state index contributed by atoms with van der Waals surface area (Å²) in [6, 6.07) is 16.2. The van der Waals surface area contributed by atoms with Crippen molar-refractivity contribution in [2.24, 2.45) is 4.99 Å². The van der Waals surface area contributed by atoms with Gasteiger partial charge in [-0.25, -0.2) is 0 Å². The SMILES string of the molecule is CN=C(NCc1ccc(N2CCCC2=O)cc1)NCc1ccc(N2CCCC2=O)cc1.I. The molecule has 0 unspecified atom stereocenters. The zero-order valence-electron chi connectivity index (χ0n) is 18.3. The summed E-state index contributed by atoms with van der Waals surface area (Å²) < 4.78 is 0. The van der Waals surface area contributed by atoms with Gasteiger partial charge >= 0.3 is 0 Å². The molecule has 2 aliphatic rings. The minimum atomic E-state index is 0. The first-order chi connectivity index (χ1) is 15.1. The van der Waals surface area contributed by atoms with Crippen LogP contribution in [0.15, 0.2) is 53.5 Å². The molecule has 2 heterocycles. The highest BCUT2D eigenvalue weighted by atomic mass is 127. The van der Waals surface area contributed by atoms with Gasteiger partial charge in [0.1, 0.15) is 0 Å². The molecule has 0 radical (unpaired) electrons. The molecule has 2 fully saturated rings. The molecule has 2 aromatic carbocycles. The summed E-state index contributed by atoms with van der Waals surface area (Å²) in [6.45, 7) is 2.90. The van der Waals surface area contributed by atoms with Crippen LogP contribution in [0, 0.1) is 0 Å². The fourth-order valence-electron chi connectivity index (χ4n) is 4.02. The summed E-state index contributed by atoms with van der Waals surface area (Å²) >= 11 is 0. The van der Waals surface area contributed by atoms with E-state index in [2.05, 4.69) is 15.6 Å². The van der Waals surface area contributed by atoms with E-state index < -0.39 is 0 Å². The lowest BCUT2D eigenvalue weighted by atomic mass is 10.2. The Bertz CT molecular complexity index is 884. The average molecular weight is 547 g/mol. The molecule has 0 aromatic heterocycles. The summed E-state index contributed by atoms with van der Waals surface area (Å²) in [4.78, 5) is 31.7. The van der Waals surface area contributed by atoms with E-state index in [1.165, 1.54) is 0 Å². The van der Waals surface area contributed by atoms with Crippen LogP contribution in [0.1, 0.15) is 36.8 Å². The third-order valence-electron chi connectivity index (χ3n) is 5.79.